The van der Waals surface area contributed by atoms with Gasteiger partial charge in [-0.3, -0.25) is 0 Å². The maximum atomic E-state index is 10.9. The third-order valence-corrected chi connectivity index (χ3v) is 1.54. The number of ether oxygens (including phenoxy) is 1. The van der Waals surface area contributed by atoms with Crippen LogP contribution in [0.5, 0.6) is 0 Å². The molecule has 0 amide bonds. The molecule has 2 nitrogen and oxygen atoms in total. The van der Waals surface area contributed by atoms with Crippen LogP contribution < -0.4 is 12.4 Å². The number of carbonyl (C=O) groups excluding carboxylic acids is 1. The molecule has 62 valence electrons. The quantitative estimate of drug-likeness (QED) is 0.434. The zero-order valence-electron chi connectivity index (χ0n) is 7.32. The molecule has 0 heterocycles. The van der Waals surface area contributed by atoms with E-state index in [-0.39, 0.29) is 24.0 Å². The van der Waals surface area contributed by atoms with Crippen LogP contribution in [0, 0.1) is 0 Å². The van der Waals surface area contributed by atoms with Gasteiger partial charge >= 0.3 is 71.6 Å². The van der Waals surface area contributed by atoms with E-state index in [1.54, 1.807) is 0 Å². The van der Waals surface area contributed by atoms with Crippen molar-refractivity contribution in [3.05, 3.63) is 0 Å². The van der Waals surface area contributed by atoms with Crippen molar-refractivity contribution in [2.45, 2.75) is 37.8 Å². The summed E-state index contributed by atoms with van der Waals surface area (Å²) >= 11 is 1.17. The van der Waals surface area contributed by atoms with E-state index >= 15 is 0 Å². The third kappa shape index (κ3) is 10.4. The Labute approximate surface area is 84.2 Å². The minimum absolute atomic E-state index is 0. The second-order valence-corrected chi connectivity index (χ2v) is 4.67. The van der Waals surface area contributed by atoms with Gasteiger partial charge in [0.05, 0.1) is 0 Å². The Kier molecular flexibility index (Phi) is 7.55. The van der Waals surface area contributed by atoms with Crippen LogP contribution in [0.4, 0.5) is 0 Å². The number of esters is 1. The largest absolute Gasteiger partial charge is 1.00 e. The average Bonchev–Trinajstić information content (AvgIpc) is 1.59. The Bertz CT molecular complexity index is 120. The van der Waals surface area contributed by atoms with Gasteiger partial charge in [-0.25, -0.2) is 0 Å². The normalized spacial score (nSPS) is 10.3. The third-order valence-electron chi connectivity index (χ3n) is 0.801. The van der Waals surface area contributed by atoms with Crippen LogP contribution >= 0.6 is 0 Å². The van der Waals surface area contributed by atoms with Gasteiger partial charge in [-0.2, -0.15) is 0 Å². The first-order chi connectivity index (χ1) is 4.45. The van der Waals surface area contributed by atoms with Crippen molar-refractivity contribution in [1.82, 2.24) is 0 Å². The van der Waals surface area contributed by atoms with Gasteiger partial charge in [0.1, 0.15) is 0 Å². The summed E-state index contributed by atoms with van der Waals surface area (Å²) in [6, 6.07) is 0. The Balaban J connectivity index is 0. The summed E-state index contributed by atoms with van der Waals surface area (Å²) < 4.78 is 5.06. The molecule has 0 aromatic rings. The molecule has 0 aliphatic carbocycles. The van der Waals surface area contributed by atoms with Crippen molar-refractivity contribution in [3.8, 4) is 0 Å². The summed E-state index contributed by atoms with van der Waals surface area (Å²) in [6.07, 6.45) is 0.581. The fourth-order valence-electron chi connectivity index (χ4n) is 0.537. The molecule has 0 fully saturated rings. The molecule has 0 aliphatic rings. The standard InChI is InChI=1S/C7H13O2.ClH.Zn/c1-5-6(8)9-7(2,3)4;;/h1,5H2,2-4H3;1H;/q;;+1/p-1. The summed E-state index contributed by atoms with van der Waals surface area (Å²) in [6.45, 7) is 5.66. The predicted molar refractivity (Wildman–Crippen MR) is 35.3 cm³/mol. The van der Waals surface area contributed by atoms with Crippen molar-refractivity contribution in [2.24, 2.45) is 0 Å². The van der Waals surface area contributed by atoms with Gasteiger partial charge in [0.2, 0.25) is 0 Å². The molecule has 0 atom stereocenters. The van der Waals surface area contributed by atoms with E-state index in [0.717, 1.165) is 5.02 Å². The summed E-state index contributed by atoms with van der Waals surface area (Å²) in [5, 5.41) is 0.981. The topological polar surface area (TPSA) is 26.3 Å². The Morgan fingerprint density at radius 3 is 2.18 bits per heavy atom. The monoisotopic (exact) mass is 228 g/mol. The number of rotatable bonds is 2. The first kappa shape index (κ1) is 13.9. The van der Waals surface area contributed by atoms with Crippen molar-refractivity contribution in [3.63, 3.8) is 0 Å². The molecular formula is C7H13ClO2Zn. The summed E-state index contributed by atoms with van der Waals surface area (Å²) in [7, 11) is 0. The fraction of sp³-hybridized carbons (Fsp3) is 0.857. The van der Waals surface area contributed by atoms with Crippen molar-refractivity contribution in [2.75, 3.05) is 0 Å². The van der Waals surface area contributed by atoms with E-state index in [0.29, 0.717) is 6.42 Å². The summed E-state index contributed by atoms with van der Waals surface area (Å²) in [4.78, 5) is 10.9. The van der Waals surface area contributed by atoms with E-state index in [9.17, 15) is 4.79 Å². The number of halogens is 1. The smallest absolute Gasteiger partial charge is 1.00 e. The minimum Gasteiger partial charge on any atom is -1.00 e. The van der Waals surface area contributed by atoms with Crippen LogP contribution in [0.2, 0.25) is 5.02 Å². The van der Waals surface area contributed by atoms with Gasteiger partial charge in [0.15, 0.2) is 0 Å². The van der Waals surface area contributed by atoms with E-state index < -0.39 is 0 Å². The van der Waals surface area contributed by atoms with E-state index in [2.05, 4.69) is 0 Å². The molecule has 0 aliphatic heterocycles. The van der Waals surface area contributed by atoms with Crippen LogP contribution in [0.3, 0.4) is 0 Å². The zero-order valence-corrected chi connectivity index (χ0v) is 11.0. The van der Waals surface area contributed by atoms with Crippen molar-refractivity contribution < 1.29 is 40.2 Å². The van der Waals surface area contributed by atoms with Crippen LogP contribution in [0.15, 0.2) is 0 Å². The SMILES string of the molecule is CC(C)(C)OC(=O)C[CH2][Zn+].[Cl-]. The summed E-state index contributed by atoms with van der Waals surface area (Å²) in [5.41, 5.74) is -0.313. The maximum absolute atomic E-state index is 10.9. The average molecular weight is 230 g/mol. The first-order valence-electron chi connectivity index (χ1n) is 3.47. The van der Waals surface area contributed by atoms with E-state index in [1.807, 2.05) is 20.8 Å². The van der Waals surface area contributed by atoms with Crippen LogP contribution in [-0.4, -0.2) is 11.6 Å². The van der Waals surface area contributed by atoms with Gasteiger partial charge in [0.25, 0.3) is 0 Å². The molecule has 0 aromatic heterocycles. The van der Waals surface area contributed by atoms with Gasteiger partial charge in [-0.15, -0.1) is 0 Å². The minimum atomic E-state index is -0.313. The van der Waals surface area contributed by atoms with Gasteiger partial charge in [-0.1, -0.05) is 0 Å². The Morgan fingerprint density at radius 2 is 1.91 bits per heavy atom. The molecule has 0 spiro atoms. The van der Waals surface area contributed by atoms with Crippen LogP contribution in [-0.2, 0) is 27.8 Å². The van der Waals surface area contributed by atoms with E-state index in [1.165, 1.54) is 18.3 Å². The molecule has 4 heteroatoms. The number of carbonyl (C=O) groups is 1. The Morgan fingerprint density at radius 1 is 1.45 bits per heavy atom. The van der Waals surface area contributed by atoms with Crippen molar-refractivity contribution in [1.29, 1.82) is 0 Å². The van der Waals surface area contributed by atoms with Gasteiger partial charge in [0, 0.05) is 0 Å². The molecule has 11 heavy (non-hydrogen) atoms. The molecule has 0 saturated carbocycles. The van der Waals surface area contributed by atoms with Crippen molar-refractivity contribution >= 4 is 5.97 Å². The molecule has 0 unspecified atom stereocenters. The van der Waals surface area contributed by atoms with Crippen LogP contribution in [0.1, 0.15) is 27.2 Å². The second-order valence-electron chi connectivity index (χ2n) is 3.19. The molecule has 0 rings (SSSR count). The van der Waals surface area contributed by atoms with Gasteiger partial charge < -0.3 is 12.4 Å². The Hall–Kier alpha value is 0.383. The number of hydrogen-bond acceptors (Lipinski definition) is 2. The predicted octanol–water partition coefficient (Wildman–Crippen LogP) is -1.31. The molecule has 0 saturated heterocycles. The summed E-state index contributed by atoms with van der Waals surface area (Å²) in [5.74, 6) is -0.0706. The molecule has 0 bridgehead atoms. The maximum Gasteiger partial charge on any atom is -1.00 e. The zero-order chi connectivity index (χ0) is 8.20. The van der Waals surface area contributed by atoms with E-state index in [4.69, 9.17) is 4.74 Å². The fourth-order valence-corrected chi connectivity index (χ4v) is 1.14. The molecule has 0 N–H and O–H groups in total. The molecular weight excluding hydrogens is 217 g/mol. The van der Waals surface area contributed by atoms with Crippen LogP contribution in [0.25, 0.3) is 0 Å². The number of hydrogen-bond donors (Lipinski definition) is 0. The molecule has 0 radical (unpaired) electrons. The first-order valence-corrected chi connectivity index (χ1v) is 5.56. The molecule has 0 aromatic carbocycles. The van der Waals surface area contributed by atoms with Gasteiger partial charge in [-0.05, 0) is 0 Å². The second kappa shape index (κ2) is 5.96.